The molecule has 1 amide bonds. The quantitative estimate of drug-likeness (QED) is 0.910. The minimum atomic E-state index is -0.460. The van der Waals surface area contributed by atoms with Crippen LogP contribution < -0.4 is 5.32 Å². The third kappa shape index (κ3) is 4.58. The highest BCUT2D eigenvalue weighted by Crippen LogP contribution is 2.27. The van der Waals surface area contributed by atoms with Gasteiger partial charge in [0.25, 0.3) is 0 Å². The molecule has 1 heterocycles. The van der Waals surface area contributed by atoms with E-state index in [9.17, 15) is 4.79 Å². The zero-order valence-electron chi connectivity index (χ0n) is 12.0. The molecule has 1 saturated carbocycles. The molecule has 1 aromatic heterocycles. The number of alkyl carbamates (subject to hydrolysis) is 1. The Balaban J connectivity index is 1.75. The average Bonchev–Trinajstić information content (AvgIpc) is 2.66. The Labute approximate surface area is 114 Å². The van der Waals surface area contributed by atoms with Crippen LogP contribution in [0.15, 0.2) is 12.4 Å². The Bertz CT molecular complexity index is 430. The Morgan fingerprint density at radius 1 is 1.53 bits per heavy atom. The molecule has 1 aliphatic rings. The van der Waals surface area contributed by atoms with Crippen LogP contribution >= 0.6 is 0 Å². The van der Waals surface area contributed by atoms with E-state index in [4.69, 9.17) is 4.74 Å². The van der Waals surface area contributed by atoms with Crippen LogP contribution in [0.1, 0.15) is 45.6 Å². The summed E-state index contributed by atoms with van der Waals surface area (Å²) in [7, 11) is 0. The van der Waals surface area contributed by atoms with E-state index >= 15 is 0 Å². The van der Waals surface area contributed by atoms with Gasteiger partial charge in [-0.15, -0.1) is 0 Å². The maximum absolute atomic E-state index is 11.5. The zero-order chi connectivity index (χ0) is 13.9. The molecule has 0 bridgehead atoms. The predicted molar refractivity (Wildman–Crippen MR) is 72.6 cm³/mol. The van der Waals surface area contributed by atoms with Gasteiger partial charge in [-0.25, -0.2) is 4.79 Å². The normalized spacial score (nSPS) is 15.9. The van der Waals surface area contributed by atoms with E-state index in [0.29, 0.717) is 6.54 Å². The molecule has 2 rings (SSSR count). The van der Waals surface area contributed by atoms with Gasteiger partial charge in [-0.1, -0.05) is 6.42 Å². The van der Waals surface area contributed by atoms with Crippen molar-refractivity contribution < 1.29 is 9.53 Å². The van der Waals surface area contributed by atoms with Gasteiger partial charge in [0.15, 0.2) is 0 Å². The first-order valence-corrected chi connectivity index (χ1v) is 6.90. The first-order valence-electron chi connectivity index (χ1n) is 6.90. The molecule has 0 unspecified atom stereocenters. The standard InChI is InChI=1S/C14H23N3O2/c1-14(2,3)19-13(18)15-7-12-8-16-17(10-12)9-11-5-4-6-11/h8,10-11H,4-7,9H2,1-3H3,(H,15,18). The van der Waals surface area contributed by atoms with Gasteiger partial charge in [-0.05, 0) is 39.5 Å². The lowest BCUT2D eigenvalue weighted by atomic mass is 9.85. The highest BCUT2D eigenvalue weighted by Gasteiger charge is 2.18. The smallest absolute Gasteiger partial charge is 0.407 e. The summed E-state index contributed by atoms with van der Waals surface area (Å²) < 4.78 is 7.15. The molecule has 5 nitrogen and oxygen atoms in total. The number of hydrogen-bond acceptors (Lipinski definition) is 3. The highest BCUT2D eigenvalue weighted by atomic mass is 16.6. The molecule has 1 aliphatic carbocycles. The van der Waals surface area contributed by atoms with Gasteiger partial charge in [0.1, 0.15) is 5.60 Å². The van der Waals surface area contributed by atoms with Gasteiger partial charge in [0, 0.05) is 24.8 Å². The van der Waals surface area contributed by atoms with Crippen molar-refractivity contribution in [2.45, 2.75) is 58.7 Å². The summed E-state index contributed by atoms with van der Waals surface area (Å²) >= 11 is 0. The zero-order valence-corrected chi connectivity index (χ0v) is 12.0. The second-order valence-electron chi connectivity index (χ2n) is 6.22. The van der Waals surface area contributed by atoms with E-state index in [1.165, 1.54) is 19.3 Å². The summed E-state index contributed by atoms with van der Waals surface area (Å²) in [5, 5.41) is 7.05. The van der Waals surface area contributed by atoms with Crippen molar-refractivity contribution in [3.63, 3.8) is 0 Å². The SMILES string of the molecule is CC(C)(C)OC(=O)NCc1cnn(CC2CCC2)c1. The molecular formula is C14H23N3O2. The van der Waals surface area contributed by atoms with Crippen LogP contribution in [0.2, 0.25) is 0 Å². The summed E-state index contributed by atoms with van der Waals surface area (Å²) in [5.74, 6) is 0.784. The maximum atomic E-state index is 11.5. The Morgan fingerprint density at radius 3 is 2.84 bits per heavy atom. The van der Waals surface area contributed by atoms with E-state index in [2.05, 4.69) is 10.4 Å². The minimum absolute atomic E-state index is 0.390. The maximum Gasteiger partial charge on any atom is 0.407 e. The lowest BCUT2D eigenvalue weighted by Gasteiger charge is -2.24. The number of carbonyl (C=O) groups excluding carboxylic acids is 1. The van der Waals surface area contributed by atoms with Gasteiger partial charge in [-0.3, -0.25) is 4.68 Å². The number of hydrogen-bond donors (Lipinski definition) is 1. The number of ether oxygens (including phenoxy) is 1. The number of carbonyl (C=O) groups is 1. The van der Waals surface area contributed by atoms with E-state index in [0.717, 1.165) is 18.0 Å². The summed E-state index contributed by atoms with van der Waals surface area (Å²) in [6, 6.07) is 0. The molecule has 1 N–H and O–H groups in total. The van der Waals surface area contributed by atoms with Crippen LogP contribution in [-0.2, 0) is 17.8 Å². The van der Waals surface area contributed by atoms with Crippen molar-refractivity contribution in [3.05, 3.63) is 18.0 Å². The fourth-order valence-electron chi connectivity index (χ4n) is 2.03. The molecular weight excluding hydrogens is 242 g/mol. The second kappa shape index (κ2) is 5.63. The molecule has 0 atom stereocenters. The fourth-order valence-corrected chi connectivity index (χ4v) is 2.03. The third-order valence-electron chi connectivity index (χ3n) is 3.19. The van der Waals surface area contributed by atoms with Gasteiger partial charge in [0.05, 0.1) is 6.20 Å². The number of aromatic nitrogens is 2. The van der Waals surface area contributed by atoms with E-state index in [1.807, 2.05) is 31.6 Å². The van der Waals surface area contributed by atoms with E-state index in [-0.39, 0.29) is 6.09 Å². The Kier molecular flexibility index (Phi) is 4.12. The van der Waals surface area contributed by atoms with Crippen LogP contribution in [0.25, 0.3) is 0 Å². The van der Waals surface area contributed by atoms with Crippen molar-refractivity contribution in [2.75, 3.05) is 0 Å². The first-order chi connectivity index (χ1) is 8.92. The molecule has 1 aromatic rings. The first kappa shape index (κ1) is 13.9. The van der Waals surface area contributed by atoms with Crippen LogP contribution in [-0.4, -0.2) is 21.5 Å². The number of nitrogens with one attached hydrogen (secondary N) is 1. The lowest BCUT2D eigenvalue weighted by Crippen LogP contribution is -2.32. The fraction of sp³-hybridized carbons (Fsp3) is 0.714. The van der Waals surface area contributed by atoms with Crippen LogP contribution in [0.4, 0.5) is 4.79 Å². The summed E-state index contributed by atoms with van der Waals surface area (Å²) in [6.45, 7) is 7.00. The van der Waals surface area contributed by atoms with Gasteiger partial charge in [-0.2, -0.15) is 5.10 Å². The summed E-state index contributed by atoms with van der Waals surface area (Å²) in [6.07, 6.45) is 7.38. The van der Waals surface area contributed by atoms with Gasteiger partial charge in [0.2, 0.25) is 0 Å². The van der Waals surface area contributed by atoms with Crippen molar-refractivity contribution in [3.8, 4) is 0 Å². The van der Waals surface area contributed by atoms with Crippen LogP contribution in [0.3, 0.4) is 0 Å². The largest absolute Gasteiger partial charge is 0.444 e. The molecule has 1 fully saturated rings. The predicted octanol–water partition coefficient (Wildman–Crippen LogP) is 2.71. The van der Waals surface area contributed by atoms with Gasteiger partial charge < -0.3 is 10.1 Å². The lowest BCUT2D eigenvalue weighted by molar-refractivity contribution is 0.0523. The molecule has 19 heavy (non-hydrogen) atoms. The highest BCUT2D eigenvalue weighted by molar-refractivity contribution is 5.67. The number of amides is 1. The van der Waals surface area contributed by atoms with Crippen LogP contribution in [0.5, 0.6) is 0 Å². The molecule has 0 spiro atoms. The van der Waals surface area contributed by atoms with Crippen molar-refractivity contribution in [2.24, 2.45) is 5.92 Å². The van der Waals surface area contributed by atoms with E-state index in [1.54, 1.807) is 6.20 Å². The second-order valence-corrected chi connectivity index (χ2v) is 6.22. The molecule has 5 heteroatoms. The summed E-state index contributed by atoms with van der Waals surface area (Å²) in [5.41, 5.74) is 0.545. The number of rotatable bonds is 4. The molecule has 0 saturated heterocycles. The molecule has 0 radical (unpaired) electrons. The Morgan fingerprint density at radius 2 is 2.26 bits per heavy atom. The Hall–Kier alpha value is -1.52. The van der Waals surface area contributed by atoms with Crippen molar-refractivity contribution in [1.82, 2.24) is 15.1 Å². The van der Waals surface area contributed by atoms with Crippen molar-refractivity contribution >= 4 is 6.09 Å². The topological polar surface area (TPSA) is 56.1 Å². The van der Waals surface area contributed by atoms with Crippen molar-refractivity contribution in [1.29, 1.82) is 0 Å². The minimum Gasteiger partial charge on any atom is -0.444 e. The molecule has 0 aliphatic heterocycles. The molecule has 0 aromatic carbocycles. The summed E-state index contributed by atoms with van der Waals surface area (Å²) in [4.78, 5) is 11.5. The van der Waals surface area contributed by atoms with E-state index < -0.39 is 5.60 Å². The average molecular weight is 265 g/mol. The van der Waals surface area contributed by atoms with Crippen LogP contribution in [0, 0.1) is 5.92 Å². The third-order valence-corrected chi connectivity index (χ3v) is 3.19. The monoisotopic (exact) mass is 265 g/mol. The van der Waals surface area contributed by atoms with Gasteiger partial charge >= 0.3 is 6.09 Å². The molecule has 106 valence electrons. The number of nitrogens with zero attached hydrogens (tertiary/aromatic N) is 2.